The molecule has 1 aliphatic heterocycles. The topological polar surface area (TPSA) is 55.8 Å². The molecule has 4 nitrogen and oxygen atoms in total. The van der Waals surface area contributed by atoms with Crippen molar-refractivity contribution in [3.05, 3.63) is 41.7 Å². The molecule has 4 heteroatoms. The summed E-state index contributed by atoms with van der Waals surface area (Å²) in [4.78, 5) is 11.3. The number of carbonyl (C=O) groups is 1. The molecule has 1 N–H and O–H groups in total. The van der Waals surface area contributed by atoms with Crippen molar-refractivity contribution < 1.29 is 19.4 Å². The van der Waals surface area contributed by atoms with Crippen LogP contribution < -0.4 is 0 Å². The molecular weight excluding hydrogens is 232 g/mol. The van der Waals surface area contributed by atoms with E-state index in [9.17, 15) is 9.90 Å². The molecule has 0 radical (unpaired) electrons. The number of cyclic esters (lactones) is 1. The highest BCUT2D eigenvalue weighted by atomic mass is 16.5. The molecule has 1 aromatic rings. The molecule has 0 fully saturated rings. The summed E-state index contributed by atoms with van der Waals surface area (Å²) >= 11 is 0. The molecule has 0 unspecified atom stereocenters. The van der Waals surface area contributed by atoms with Crippen molar-refractivity contribution in [1.29, 1.82) is 0 Å². The summed E-state index contributed by atoms with van der Waals surface area (Å²) in [6.45, 7) is 0. The lowest BCUT2D eigenvalue weighted by atomic mass is 10.0. The zero-order valence-corrected chi connectivity index (χ0v) is 10.3. The molecule has 2 rings (SSSR count). The highest BCUT2D eigenvalue weighted by molar-refractivity contribution is 5.83. The van der Waals surface area contributed by atoms with Gasteiger partial charge in [-0.05, 0) is 30.5 Å². The van der Waals surface area contributed by atoms with Crippen LogP contribution in [0.1, 0.15) is 18.4 Å². The quantitative estimate of drug-likeness (QED) is 0.830. The van der Waals surface area contributed by atoms with Gasteiger partial charge in [0, 0.05) is 6.42 Å². The first-order valence-corrected chi connectivity index (χ1v) is 5.90. The van der Waals surface area contributed by atoms with Crippen molar-refractivity contribution in [3.63, 3.8) is 0 Å². The predicted molar refractivity (Wildman–Crippen MR) is 66.0 cm³/mol. The maximum absolute atomic E-state index is 11.3. The number of phenols is 1. The van der Waals surface area contributed by atoms with E-state index in [1.807, 2.05) is 6.07 Å². The van der Waals surface area contributed by atoms with Crippen LogP contribution >= 0.6 is 0 Å². The number of phenolic OH excluding ortho intramolecular Hbond substituents is 1. The number of ether oxygens (including phenoxy) is 2. The third kappa shape index (κ3) is 3.26. The highest BCUT2D eigenvalue weighted by Gasteiger charge is 2.21. The standard InChI is InChI=1S/C14H16O4/c1-17-13-8-12(18-14(16)9-13)6-5-10-3-2-4-11(15)7-10/h2-4,7,9,12,15H,5-6,8H2,1H3/t12-/m0/s1. The molecular formula is C14H16O4. The lowest BCUT2D eigenvalue weighted by molar-refractivity contribution is -0.145. The number of hydrogen-bond donors (Lipinski definition) is 1. The van der Waals surface area contributed by atoms with Crippen LogP contribution in [-0.4, -0.2) is 24.3 Å². The largest absolute Gasteiger partial charge is 0.508 e. The molecule has 0 amide bonds. The fourth-order valence-corrected chi connectivity index (χ4v) is 2.00. The van der Waals surface area contributed by atoms with Gasteiger partial charge >= 0.3 is 5.97 Å². The first-order valence-electron chi connectivity index (χ1n) is 5.90. The maximum Gasteiger partial charge on any atom is 0.334 e. The minimum Gasteiger partial charge on any atom is -0.508 e. The SMILES string of the molecule is COC1=CC(=O)O[C@@H](CCc2cccc(O)c2)C1. The van der Waals surface area contributed by atoms with Crippen LogP contribution in [0.2, 0.25) is 0 Å². The van der Waals surface area contributed by atoms with E-state index in [1.165, 1.54) is 6.08 Å². The van der Waals surface area contributed by atoms with E-state index in [1.54, 1.807) is 25.3 Å². The van der Waals surface area contributed by atoms with Gasteiger partial charge in [0.05, 0.1) is 13.2 Å². The van der Waals surface area contributed by atoms with Crippen LogP contribution in [0.15, 0.2) is 36.1 Å². The number of aromatic hydroxyl groups is 1. The summed E-state index contributed by atoms with van der Waals surface area (Å²) in [6, 6.07) is 7.10. The van der Waals surface area contributed by atoms with Gasteiger partial charge in [-0.1, -0.05) is 12.1 Å². The van der Waals surface area contributed by atoms with Crippen LogP contribution in [0.25, 0.3) is 0 Å². The average Bonchev–Trinajstić information content (AvgIpc) is 2.36. The Kier molecular flexibility index (Phi) is 3.87. The summed E-state index contributed by atoms with van der Waals surface area (Å²) < 4.78 is 10.3. The summed E-state index contributed by atoms with van der Waals surface area (Å²) in [6.07, 6.45) is 3.31. The van der Waals surface area contributed by atoms with E-state index in [4.69, 9.17) is 9.47 Å². The molecule has 0 aromatic heterocycles. The Labute approximate surface area is 106 Å². The fourth-order valence-electron chi connectivity index (χ4n) is 2.00. The molecule has 0 saturated heterocycles. The number of benzene rings is 1. The van der Waals surface area contributed by atoms with Gasteiger partial charge in [-0.3, -0.25) is 0 Å². The number of carbonyl (C=O) groups excluding carboxylic acids is 1. The molecule has 1 aromatic carbocycles. The minimum atomic E-state index is -0.348. The molecule has 0 spiro atoms. The van der Waals surface area contributed by atoms with Crippen molar-refractivity contribution in [1.82, 2.24) is 0 Å². The second kappa shape index (κ2) is 5.58. The van der Waals surface area contributed by atoms with Crippen molar-refractivity contribution in [2.24, 2.45) is 0 Å². The monoisotopic (exact) mass is 248 g/mol. The summed E-state index contributed by atoms with van der Waals surface area (Å²) in [5.74, 6) is 0.566. The number of rotatable bonds is 4. The molecule has 0 aliphatic carbocycles. The van der Waals surface area contributed by atoms with Gasteiger partial charge in [0.1, 0.15) is 17.6 Å². The van der Waals surface area contributed by atoms with Gasteiger partial charge in [0.25, 0.3) is 0 Å². The lowest BCUT2D eigenvalue weighted by Gasteiger charge is -2.22. The molecule has 0 bridgehead atoms. The average molecular weight is 248 g/mol. The summed E-state index contributed by atoms with van der Waals surface area (Å²) in [5, 5.41) is 9.36. The van der Waals surface area contributed by atoms with Gasteiger partial charge in [-0.2, -0.15) is 0 Å². The zero-order valence-electron chi connectivity index (χ0n) is 10.3. The van der Waals surface area contributed by atoms with E-state index in [-0.39, 0.29) is 17.8 Å². The van der Waals surface area contributed by atoms with Gasteiger partial charge in [0.15, 0.2) is 0 Å². The Hall–Kier alpha value is -1.97. The van der Waals surface area contributed by atoms with Crippen molar-refractivity contribution >= 4 is 5.97 Å². The Morgan fingerprint density at radius 3 is 3.06 bits per heavy atom. The van der Waals surface area contributed by atoms with Crippen LogP contribution in [0.5, 0.6) is 5.75 Å². The lowest BCUT2D eigenvalue weighted by Crippen LogP contribution is -2.23. The second-order valence-electron chi connectivity index (χ2n) is 4.29. The summed E-state index contributed by atoms with van der Waals surface area (Å²) in [5.41, 5.74) is 1.03. The molecule has 1 aliphatic rings. The molecule has 18 heavy (non-hydrogen) atoms. The minimum absolute atomic E-state index is 0.153. The van der Waals surface area contributed by atoms with Gasteiger partial charge in [-0.25, -0.2) is 4.79 Å². The maximum atomic E-state index is 11.3. The molecule has 1 heterocycles. The van der Waals surface area contributed by atoms with Crippen LogP contribution in [0.4, 0.5) is 0 Å². The third-order valence-corrected chi connectivity index (χ3v) is 2.92. The number of hydrogen-bond acceptors (Lipinski definition) is 4. The van der Waals surface area contributed by atoms with E-state index in [0.717, 1.165) is 18.4 Å². The van der Waals surface area contributed by atoms with Crippen LogP contribution in [0.3, 0.4) is 0 Å². The first-order chi connectivity index (χ1) is 8.67. The second-order valence-corrected chi connectivity index (χ2v) is 4.29. The molecule has 96 valence electrons. The molecule has 0 saturated carbocycles. The van der Waals surface area contributed by atoms with Crippen LogP contribution in [-0.2, 0) is 20.7 Å². The van der Waals surface area contributed by atoms with Crippen molar-refractivity contribution in [2.45, 2.75) is 25.4 Å². The predicted octanol–water partition coefficient (Wildman–Crippen LogP) is 2.17. The summed E-state index contributed by atoms with van der Waals surface area (Å²) in [7, 11) is 1.55. The Balaban J connectivity index is 1.91. The normalized spacial score (nSPS) is 19.1. The smallest absolute Gasteiger partial charge is 0.334 e. The van der Waals surface area contributed by atoms with Gasteiger partial charge < -0.3 is 14.6 Å². The fraction of sp³-hybridized carbons (Fsp3) is 0.357. The van der Waals surface area contributed by atoms with E-state index in [0.29, 0.717) is 12.2 Å². The van der Waals surface area contributed by atoms with Gasteiger partial charge in [-0.15, -0.1) is 0 Å². The van der Waals surface area contributed by atoms with Crippen molar-refractivity contribution in [3.8, 4) is 5.75 Å². The zero-order chi connectivity index (χ0) is 13.0. The Morgan fingerprint density at radius 2 is 2.33 bits per heavy atom. The number of aryl methyl sites for hydroxylation is 1. The van der Waals surface area contributed by atoms with E-state index < -0.39 is 0 Å². The Bertz CT molecular complexity index is 465. The molecule has 1 atom stereocenters. The first kappa shape index (κ1) is 12.5. The van der Waals surface area contributed by atoms with Crippen LogP contribution in [0, 0.1) is 0 Å². The van der Waals surface area contributed by atoms with Crippen molar-refractivity contribution in [2.75, 3.05) is 7.11 Å². The number of esters is 1. The van der Waals surface area contributed by atoms with E-state index >= 15 is 0 Å². The Morgan fingerprint density at radius 1 is 1.50 bits per heavy atom. The number of methoxy groups -OCH3 is 1. The third-order valence-electron chi connectivity index (χ3n) is 2.92. The van der Waals surface area contributed by atoms with E-state index in [2.05, 4.69) is 0 Å². The van der Waals surface area contributed by atoms with Gasteiger partial charge in [0.2, 0.25) is 0 Å². The highest BCUT2D eigenvalue weighted by Crippen LogP contribution is 2.21.